The van der Waals surface area contributed by atoms with Gasteiger partial charge in [-0.15, -0.1) is 0 Å². The Morgan fingerprint density at radius 2 is 2.19 bits per heavy atom. The van der Waals surface area contributed by atoms with Gasteiger partial charge < -0.3 is 14.6 Å². The predicted molar refractivity (Wildman–Crippen MR) is 99.5 cm³/mol. The van der Waals surface area contributed by atoms with Gasteiger partial charge in [-0.2, -0.15) is 5.10 Å². The van der Waals surface area contributed by atoms with Gasteiger partial charge in [-0.05, 0) is 25.0 Å². The van der Waals surface area contributed by atoms with Crippen LogP contribution in [-0.4, -0.2) is 28.1 Å². The fourth-order valence-corrected chi connectivity index (χ4v) is 2.82. The molecular formula is C19H21N5O3. The molecule has 1 aliphatic carbocycles. The normalized spacial score (nSPS) is 13.4. The number of amides is 2. The van der Waals surface area contributed by atoms with Gasteiger partial charge in [0.05, 0.1) is 19.3 Å². The van der Waals surface area contributed by atoms with Gasteiger partial charge in [-0.25, -0.2) is 4.79 Å². The van der Waals surface area contributed by atoms with Gasteiger partial charge in [0.1, 0.15) is 17.3 Å². The Labute approximate surface area is 156 Å². The first kappa shape index (κ1) is 17.1. The first-order valence-corrected chi connectivity index (χ1v) is 8.81. The molecule has 27 heavy (non-hydrogen) atoms. The van der Waals surface area contributed by atoms with Crippen LogP contribution in [0.2, 0.25) is 0 Å². The molecule has 0 saturated heterocycles. The Kier molecular flexibility index (Phi) is 4.53. The first-order chi connectivity index (χ1) is 13.1. The van der Waals surface area contributed by atoms with Gasteiger partial charge in [0.15, 0.2) is 5.76 Å². The maximum Gasteiger partial charge on any atom is 0.320 e. The predicted octanol–water partition coefficient (Wildman–Crippen LogP) is 3.28. The number of anilines is 1. The van der Waals surface area contributed by atoms with E-state index < -0.39 is 0 Å². The molecule has 2 aromatic heterocycles. The summed E-state index contributed by atoms with van der Waals surface area (Å²) in [6.07, 6.45) is 2.34. The third-order valence-electron chi connectivity index (χ3n) is 4.48. The minimum absolute atomic E-state index is 0.257. The molecule has 140 valence electrons. The van der Waals surface area contributed by atoms with Gasteiger partial charge in [-0.1, -0.05) is 17.3 Å². The van der Waals surface area contributed by atoms with Crippen LogP contribution < -0.4 is 15.4 Å². The van der Waals surface area contributed by atoms with Crippen LogP contribution >= 0.6 is 0 Å². The summed E-state index contributed by atoms with van der Waals surface area (Å²) in [6.45, 7) is 0.257. The summed E-state index contributed by atoms with van der Waals surface area (Å²) < 4.78 is 12.3. The SMILES string of the molecule is COc1cccc(-c2cc(CNC(=O)Nc3cc(C4CC4)nn3C)no2)c1. The van der Waals surface area contributed by atoms with Gasteiger partial charge in [-0.3, -0.25) is 10.00 Å². The van der Waals surface area contributed by atoms with E-state index in [1.807, 2.05) is 37.4 Å². The number of aryl methyl sites for hydroxylation is 1. The number of methoxy groups -OCH3 is 1. The molecule has 3 aromatic rings. The molecule has 2 heterocycles. The molecule has 2 amide bonds. The van der Waals surface area contributed by atoms with Crippen LogP contribution in [0.15, 0.2) is 40.9 Å². The van der Waals surface area contributed by atoms with Crippen molar-refractivity contribution in [1.82, 2.24) is 20.3 Å². The highest BCUT2D eigenvalue weighted by Gasteiger charge is 2.27. The Balaban J connectivity index is 1.34. The molecule has 1 aliphatic rings. The standard InChI is InChI=1S/C19H21N5O3/c1-24-18(10-16(22-24)12-6-7-12)21-19(25)20-11-14-9-17(27-23-14)13-4-3-5-15(8-13)26-2/h3-5,8-10,12H,6-7,11H2,1-2H3,(H2,20,21,25). The van der Waals surface area contributed by atoms with Crippen molar-refractivity contribution < 1.29 is 14.1 Å². The van der Waals surface area contributed by atoms with E-state index in [1.165, 1.54) is 12.8 Å². The van der Waals surface area contributed by atoms with Crippen molar-refractivity contribution in [2.45, 2.75) is 25.3 Å². The molecule has 0 radical (unpaired) electrons. The van der Waals surface area contributed by atoms with Crippen LogP contribution in [0, 0.1) is 0 Å². The van der Waals surface area contributed by atoms with E-state index >= 15 is 0 Å². The molecule has 0 bridgehead atoms. The average Bonchev–Trinajstić information content (AvgIpc) is 3.31. The van der Waals surface area contributed by atoms with Gasteiger partial charge in [0.25, 0.3) is 0 Å². The summed E-state index contributed by atoms with van der Waals surface area (Å²) in [4.78, 5) is 12.2. The lowest BCUT2D eigenvalue weighted by atomic mass is 10.1. The first-order valence-electron chi connectivity index (χ1n) is 8.81. The molecule has 8 nitrogen and oxygen atoms in total. The number of carbonyl (C=O) groups is 1. The van der Waals surface area contributed by atoms with Gasteiger partial charge in [0.2, 0.25) is 0 Å². The minimum Gasteiger partial charge on any atom is -0.497 e. The molecule has 4 rings (SSSR count). The Morgan fingerprint density at radius 3 is 2.96 bits per heavy atom. The second-order valence-electron chi connectivity index (χ2n) is 6.57. The number of urea groups is 1. The topological polar surface area (TPSA) is 94.2 Å². The molecule has 1 saturated carbocycles. The molecule has 0 atom stereocenters. The third-order valence-corrected chi connectivity index (χ3v) is 4.48. The van der Waals surface area contributed by atoms with Crippen LogP contribution in [0.4, 0.5) is 10.6 Å². The Hall–Kier alpha value is -3.29. The molecule has 1 aromatic carbocycles. The largest absolute Gasteiger partial charge is 0.497 e. The lowest BCUT2D eigenvalue weighted by Gasteiger charge is -2.05. The van der Waals surface area contributed by atoms with E-state index in [2.05, 4.69) is 20.9 Å². The summed E-state index contributed by atoms with van der Waals surface area (Å²) in [5.74, 6) is 2.57. The van der Waals surface area contributed by atoms with Crippen molar-refractivity contribution in [3.63, 3.8) is 0 Å². The zero-order valence-electron chi connectivity index (χ0n) is 15.2. The van der Waals surface area contributed by atoms with Crippen molar-refractivity contribution in [3.8, 4) is 17.1 Å². The van der Waals surface area contributed by atoms with E-state index in [-0.39, 0.29) is 12.6 Å². The molecule has 0 aliphatic heterocycles. The maximum atomic E-state index is 12.2. The number of aromatic nitrogens is 3. The fraction of sp³-hybridized carbons (Fsp3) is 0.316. The molecular weight excluding hydrogens is 346 g/mol. The monoisotopic (exact) mass is 367 g/mol. The average molecular weight is 367 g/mol. The number of carbonyl (C=O) groups excluding carboxylic acids is 1. The smallest absolute Gasteiger partial charge is 0.320 e. The molecule has 0 spiro atoms. The highest BCUT2D eigenvalue weighted by Crippen LogP contribution is 2.39. The van der Waals surface area contributed by atoms with Crippen LogP contribution in [0.25, 0.3) is 11.3 Å². The quantitative estimate of drug-likeness (QED) is 0.697. The number of hydrogen-bond acceptors (Lipinski definition) is 5. The maximum absolute atomic E-state index is 12.2. The van der Waals surface area contributed by atoms with Crippen molar-refractivity contribution in [2.24, 2.45) is 7.05 Å². The van der Waals surface area contributed by atoms with E-state index in [0.29, 0.717) is 23.2 Å². The van der Waals surface area contributed by atoms with Crippen LogP contribution in [-0.2, 0) is 13.6 Å². The van der Waals surface area contributed by atoms with Crippen molar-refractivity contribution in [2.75, 3.05) is 12.4 Å². The molecule has 8 heteroatoms. The lowest BCUT2D eigenvalue weighted by Crippen LogP contribution is -2.29. The summed E-state index contributed by atoms with van der Waals surface area (Å²) in [6, 6.07) is 10.9. The third kappa shape index (κ3) is 3.94. The van der Waals surface area contributed by atoms with Crippen LogP contribution in [0.3, 0.4) is 0 Å². The Bertz CT molecular complexity index is 958. The summed E-state index contributed by atoms with van der Waals surface area (Å²) in [7, 11) is 3.43. The number of benzene rings is 1. The van der Waals surface area contributed by atoms with Gasteiger partial charge >= 0.3 is 6.03 Å². The second-order valence-corrected chi connectivity index (χ2v) is 6.57. The summed E-state index contributed by atoms with van der Waals surface area (Å²) in [5, 5.41) is 14.0. The number of ether oxygens (including phenoxy) is 1. The fourth-order valence-electron chi connectivity index (χ4n) is 2.82. The molecule has 1 fully saturated rings. The summed E-state index contributed by atoms with van der Waals surface area (Å²) >= 11 is 0. The highest BCUT2D eigenvalue weighted by molar-refractivity contribution is 5.88. The van der Waals surface area contributed by atoms with Crippen molar-refractivity contribution in [1.29, 1.82) is 0 Å². The zero-order chi connectivity index (χ0) is 18.8. The van der Waals surface area contributed by atoms with E-state index in [0.717, 1.165) is 17.0 Å². The molecule has 2 N–H and O–H groups in total. The van der Waals surface area contributed by atoms with Gasteiger partial charge in [0, 0.05) is 30.7 Å². The van der Waals surface area contributed by atoms with Crippen molar-refractivity contribution in [3.05, 3.63) is 47.8 Å². The van der Waals surface area contributed by atoms with E-state index in [1.54, 1.807) is 17.9 Å². The molecule has 0 unspecified atom stereocenters. The van der Waals surface area contributed by atoms with Crippen LogP contribution in [0.5, 0.6) is 5.75 Å². The summed E-state index contributed by atoms with van der Waals surface area (Å²) in [5.41, 5.74) is 2.53. The zero-order valence-corrected chi connectivity index (χ0v) is 15.2. The second kappa shape index (κ2) is 7.14. The minimum atomic E-state index is -0.314. The number of rotatable bonds is 6. The van der Waals surface area contributed by atoms with E-state index in [9.17, 15) is 4.79 Å². The van der Waals surface area contributed by atoms with Crippen LogP contribution in [0.1, 0.15) is 30.1 Å². The Morgan fingerprint density at radius 1 is 1.33 bits per heavy atom. The lowest BCUT2D eigenvalue weighted by molar-refractivity contribution is 0.251. The number of nitrogens with one attached hydrogen (secondary N) is 2. The highest BCUT2D eigenvalue weighted by atomic mass is 16.5. The number of hydrogen-bond donors (Lipinski definition) is 2. The van der Waals surface area contributed by atoms with E-state index in [4.69, 9.17) is 9.26 Å². The van der Waals surface area contributed by atoms with Crippen molar-refractivity contribution >= 4 is 11.8 Å². The number of nitrogens with zero attached hydrogens (tertiary/aromatic N) is 3.